The van der Waals surface area contributed by atoms with Gasteiger partial charge in [0.2, 0.25) is 0 Å². The summed E-state index contributed by atoms with van der Waals surface area (Å²) in [7, 11) is 0. The number of halogens is 3. The van der Waals surface area contributed by atoms with Gasteiger partial charge in [-0.3, -0.25) is 4.90 Å². The Balaban J connectivity index is 1.59. The summed E-state index contributed by atoms with van der Waals surface area (Å²) in [5.41, 5.74) is -0.933. The van der Waals surface area contributed by atoms with E-state index in [0.29, 0.717) is 10.9 Å². The van der Waals surface area contributed by atoms with E-state index in [-0.39, 0.29) is 47.5 Å². The molecule has 28 heavy (non-hydrogen) atoms. The third-order valence-electron chi connectivity index (χ3n) is 4.26. The van der Waals surface area contributed by atoms with Gasteiger partial charge in [-0.2, -0.15) is 5.26 Å². The molecule has 0 saturated carbocycles. The number of thiophene rings is 1. The van der Waals surface area contributed by atoms with Gasteiger partial charge in [0.25, 0.3) is 0 Å². The highest BCUT2D eigenvalue weighted by molar-refractivity contribution is 7.22. The Bertz CT molecular complexity index is 1280. The molecule has 0 radical (unpaired) electrons. The molecule has 3 heterocycles. The molecule has 5 nitrogen and oxygen atoms in total. The summed E-state index contributed by atoms with van der Waals surface area (Å²) in [6, 6.07) is 1.39. The third-order valence-corrected chi connectivity index (χ3v) is 5.37. The second-order valence-electron chi connectivity index (χ2n) is 6.08. The van der Waals surface area contributed by atoms with E-state index in [0.717, 1.165) is 22.7 Å². The average molecular weight is 425 g/mol. The van der Waals surface area contributed by atoms with Crippen LogP contribution in [0.1, 0.15) is 29.5 Å². The number of likely N-dealkylation sites (tertiary alicyclic amines) is 1. The summed E-state index contributed by atoms with van der Waals surface area (Å²) in [6.45, 7) is -2.40. The summed E-state index contributed by atoms with van der Waals surface area (Å²) in [6.07, 6.45) is 1.23. The first-order valence-corrected chi connectivity index (χ1v) is 9.52. The summed E-state index contributed by atoms with van der Waals surface area (Å²) < 4.78 is 70.6. The first-order chi connectivity index (χ1) is 15.5. The average Bonchev–Trinajstić information content (AvgIpc) is 3.07. The fourth-order valence-corrected chi connectivity index (χ4v) is 3.85. The van der Waals surface area contributed by atoms with Crippen molar-refractivity contribution in [3.8, 4) is 6.07 Å². The molecular formula is C19H16ClF2N5S. The first-order valence-electron chi connectivity index (χ1n) is 10.8. The van der Waals surface area contributed by atoms with E-state index in [2.05, 4.69) is 9.97 Å². The number of fused-ring (bicyclic) bond motifs is 1. The highest BCUT2D eigenvalue weighted by Gasteiger charge is 2.22. The molecule has 0 aliphatic carbocycles. The van der Waals surface area contributed by atoms with Gasteiger partial charge in [0, 0.05) is 40.0 Å². The number of benzene rings is 1. The molecule has 144 valence electrons. The number of piperidine rings is 1. The molecule has 1 saturated heterocycles. The van der Waals surface area contributed by atoms with Crippen LogP contribution in [-0.2, 0) is 6.50 Å². The van der Waals surface area contributed by atoms with Crippen LogP contribution in [0, 0.1) is 23.0 Å². The molecule has 9 heteroatoms. The van der Waals surface area contributed by atoms with Gasteiger partial charge >= 0.3 is 0 Å². The van der Waals surface area contributed by atoms with Gasteiger partial charge in [0.15, 0.2) is 1.41 Å². The molecule has 0 spiro atoms. The van der Waals surface area contributed by atoms with E-state index in [1.165, 1.54) is 11.2 Å². The van der Waals surface area contributed by atoms with Crippen LogP contribution in [0.15, 0.2) is 24.5 Å². The minimum atomic E-state index is -2.37. The Morgan fingerprint density at radius 1 is 1.43 bits per heavy atom. The summed E-state index contributed by atoms with van der Waals surface area (Å²) in [5.74, 6) is -2.12. The van der Waals surface area contributed by atoms with Crippen molar-refractivity contribution in [3.05, 3.63) is 51.6 Å². The molecule has 4 rings (SSSR count). The molecule has 1 aromatic carbocycles. The SMILES string of the molecule is [2H]c1c(Cl)sc2ncnc(N([2H])C3([2H])CCN(C([2H])([2H])c4cc(C#N)c(F)cc4F)CC3)c12. The number of rotatable bonds is 4. The molecule has 3 aromatic rings. The van der Waals surface area contributed by atoms with Crippen molar-refractivity contribution in [2.24, 2.45) is 0 Å². The summed E-state index contributed by atoms with van der Waals surface area (Å²) in [5, 5.41) is 10.2. The number of anilines is 1. The third kappa shape index (κ3) is 3.92. The lowest BCUT2D eigenvalue weighted by molar-refractivity contribution is 0.208. The number of hydrogen-bond acceptors (Lipinski definition) is 6. The lowest BCUT2D eigenvalue weighted by Crippen LogP contribution is -2.39. The fourth-order valence-electron chi connectivity index (χ4n) is 2.87. The Labute approximate surface area is 176 Å². The summed E-state index contributed by atoms with van der Waals surface area (Å²) >= 11 is 7.11. The summed E-state index contributed by atoms with van der Waals surface area (Å²) in [4.78, 5) is 9.87. The maximum absolute atomic E-state index is 14.4. The lowest BCUT2D eigenvalue weighted by Gasteiger charge is -2.32. The van der Waals surface area contributed by atoms with Crippen LogP contribution in [0.2, 0.25) is 5.75 Å². The molecule has 0 amide bonds. The minimum absolute atomic E-state index is 0.000625. The van der Waals surface area contributed by atoms with Gasteiger partial charge < -0.3 is 5.31 Å². The first kappa shape index (κ1) is 13.8. The molecule has 1 aliphatic rings. The smallest absolute Gasteiger partial charge is 0.162 e. The van der Waals surface area contributed by atoms with Crippen LogP contribution >= 0.6 is 22.9 Å². The van der Waals surface area contributed by atoms with Crippen molar-refractivity contribution in [2.45, 2.75) is 25.4 Å². The predicted molar refractivity (Wildman–Crippen MR) is 105 cm³/mol. The monoisotopic (exact) mass is 424 g/mol. The van der Waals surface area contributed by atoms with Crippen LogP contribution < -0.4 is 5.31 Å². The molecule has 1 aliphatic heterocycles. The van der Waals surface area contributed by atoms with E-state index in [4.69, 9.17) is 23.8 Å². The van der Waals surface area contributed by atoms with Gasteiger partial charge in [-0.25, -0.2) is 18.7 Å². The normalized spacial score (nSPS) is 19.9. The molecule has 1 N–H and O–H groups in total. The number of nitrogens with zero attached hydrogens (tertiary/aromatic N) is 4. The second kappa shape index (κ2) is 7.95. The second-order valence-corrected chi connectivity index (χ2v) is 7.68. The Kier molecular flexibility index (Phi) is 3.91. The van der Waals surface area contributed by atoms with Crippen LogP contribution in [0.4, 0.5) is 14.6 Å². The van der Waals surface area contributed by atoms with E-state index >= 15 is 0 Å². The van der Waals surface area contributed by atoms with Gasteiger partial charge in [0.05, 0.1) is 18.0 Å². The number of nitriles is 1. The quantitative estimate of drug-likeness (QED) is 0.664. The van der Waals surface area contributed by atoms with Crippen LogP contribution in [0.25, 0.3) is 10.2 Å². The van der Waals surface area contributed by atoms with Gasteiger partial charge in [0.1, 0.15) is 34.7 Å². The number of aromatic nitrogens is 2. The molecule has 1 fully saturated rings. The zero-order valence-electron chi connectivity index (χ0n) is 19.3. The van der Waals surface area contributed by atoms with Crippen molar-refractivity contribution in [2.75, 3.05) is 18.4 Å². The molecule has 0 bridgehead atoms. The Morgan fingerprint density at radius 2 is 2.21 bits per heavy atom. The molecule has 2 aromatic heterocycles. The Morgan fingerprint density at radius 3 is 2.96 bits per heavy atom. The van der Waals surface area contributed by atoms with Crippen molar-refractivity contribution < 1.29 is 15.7 Å². The van der Waals surface area contributed by atoms with Gasteiger partial charge in [-0.1, -0.05) is 11.6 Å². The van der Waals surface area contributed by atoms with Crippen molar-refractivity contribution >= 4 is 39.0 Å². The predicted octanol–water partition coefficient (Wildman–Crippen LogP) is 4.57. The van der Waals surface area contributed by atoms with E-state index in [1.807, 2.05) is 0 Å². The Hall–Kier alpha value is -2.34. The highest BCUT2D eigenvalue weighted by atomic mass is 35.5. The highest BCUT2D eigenvalue weighted by Crippen LogP contribution is 2.32. The van der Waals surface area contributed by atoms with Crippen molar-refractivity contribution in [3.63, 3.8) is 0 Å². The zero-order valence-corrected chi connectivity index (χ0v) is 15.9. The topological polar surface area (TPSA) is 64.8 Å². The number of hydrogen-bond donors (Lipinski definition) is 1. The van der Waals surface area contributed by atoms with Crippen LogP contribution in [0.5, 0.6) is 0 Å². The maximum atomic E-state index is 14.4. The van der Waals surface area contributed by atoms with Crippen molar-refractivity contribution in [1.82, 2.24) is 14.9 Å². The maximum Gasteiger partial charge on any atom is 0.162 e. The molecular weight excluding hydrogens is 404 g/mol. The van der Waals surface area contributed by atoms with E-state index in [1.54, 1.807) is 6.07 Å². The molecule has 0 unspecified atom stereocenters. The fraction of sp³-hybridized carbons (Fsp3) is 0.316. The van der Waals surface area contributed by atoms with Crippen LogP contribution in [0.3, 0.4) is 0 Å². The minimum Gasteiger partial charge on any atom is -0.367 e. The largest absolute Gasteiger partial charge is 0.367 e. The lowest BCUT2D eigenvalue weighted by atomic mass is 10.0. The van der Waals surface area contributed by atoms with Gasteiger partial charge in [-0.15, -0.1) is 11.3 Å². The van der Waals surface area contributed by atoms with Crippen LogP contribution in [-0.4, -0.2) is 34.0 Å². The van der Waals surface area contributed by atoms with Crippen molar-refractivity contribution in [1.29, 1.82) is 5.26 Å². The van der Waals surface area contributed by atoms with Gasteiger partial charge in [-0.05, 0) is 25.0 Å². The van der Waals surface area contributed by atoms with E-state index < -0.39 is 35.3 Å². The number of nitrogens with one attached hydrogen (secondary N) is 1. The zero-order chi connectivity index (χ0) is 24.1. The molecule has 0 atom stereocenters. The van der Waals surface area contributed by atoms with E-state index in [9.17, 15) is 8.78 Å². The standard InChI is InChI=1S/C19H16ClF2N5S/c20-17-6-14-18(24-10-25-19(14)28-17)26-13-1-3-27(4-2-13)9-12-5-11(8-23)15(21)7-16(12)22/h5-7,10,13H,1-4,9H2,(H,24,25,26)/i6D,9D2,13D/hD.